The van der Waals surface area contributed by atoms with Crippen LogP contribution in [0.1, 0.15) is 32.3 Å². The number of benzene rings is 1. The molecular formula is C15H21NO. The molecule has 2 nitrogen and oxygen atoms in total. The van der Waals surface area contributed by atoms with E-state index in [4.69, 9.17) is 0 Å². The first-order valence-electron chi connectivity index (χ1n) is 6.43. The Morgan fingerprint density at radius 1 is 1.29 bits per heavy atom. The van der Waals surface area contributed by atoms with Gasteiger partial charge in [-0.25, -0.2) is 0 Å². The monoisotopic (exact) mass is 231 g/mol. The van der Waals surface area contributed by atoms with Crippen molar-refractivity contribution in [3.63, 3.8) is 0 Å². The van der Waals surface area contributed by atoms with Crippen molar-refractivity contribution in [3.05, 3.63) is 36.0 Å². The lowest BCUT2D eigenvalue weighted by atomic mass is 10.1. The van der Waals surface area contributed by atoms with Crippen molar-refractivity contribution in [1.29, 1.82) is 0 Å². The van der Waals surface area contributed by atoms with Gasteiger partial charge in [0.25, 0.3) is 0 Å². The lowest BCUT2D eigenvalue weighted by Crippen LogP contribution is -2.06. The zero-order chi connectivity index (χ0) is 12.3. The second kappa shape index (κ2) is 5.37. The van der Waals surface area contributed by atoms with Gasteiger partial charge >= 0.3 is 0 Å². The average Bonchev–Trinajstić information content (AvgIpc) is 2.72. The van der Waals surface area contributed by atoms with Crippen molar-refractivity contribution in [1.82, 2.24) is 4.57 Å². The molecule has 0 radical (unpaired) electrons. The van der Waals surface area contributed by atoms with Crippen LogP contribution >= 0.6 is 0 Å². The first-order valence-corrected chi connectivity index (χ1v) is 6.43. The molecule has 0 bridgehead atoms. The summed E-state index contributed by atoms with van der Waals surface area (Å²) >= 11 is 0. The van der Waals surface area contributed by atoms with Gasteiger partial charge in [-0.05, 0) is 35.4 Å². The summed E-state index contributed by atoms with van der Waals surface area (Å²) < 4.78 is 2.30. The summed E-state index contributed by atoms with van der Waals surface area (Å²) in [7, 11) is 0. The van der Waals surface area contributed by atoms with Gasteiger partial charge in [0.2, 0.25) is 0 Å². The van der Waals surface area contributed by atoms with Crippen molar-refractivity contribution >= 4 is 10.9 Å². The third-order valence-corrected chi connectivity index (χ3v) is 3.31. The van der Waals surface area contributed by atoms with Crippen molar-refractivity contribution in [2.75, 3.05) is 0 Å². The number of hydrogen-bond acceptors (Lipinski definition) is 1. The predicted octanol–water partition coefficient (Wildman–Crippen LogP) is 3.57. The molecule has 0 saturated heterocycles. The first-order chi connectivity index (χ1) is 8.24. The number of hydrogen-bond donors (Lipinski definition) is 1. The molecule has 1 heterocycles. The van der Waals surface area contributed by atoms with Gasteiger partial charge in [-0.2, -0.15) is 0 Å². The molecular weight excluding hydrogens is 210 g/mol. The number of rotatable bonds is 5. The van der Waals surface area contributed by atoms with Gasteiger partial charge in [0.1, 0.15) is 0 Å². The summed E-state index contributed by atoms with van der Waals surface area (Å²) in [6, 6.07) is 8.31. The van der Waals surface area contributed by atoms with Crippen molar-refractivity contribution in [2.45, 2.75) is 39.8 Å². The summed E-state index contributed by atoms with van der Waals surface area (Å²) in [6.45, 7) is 5.71. The number of nitrogens with zero attached hydrogens (tertiary/aromatic N) is 1. The smallest absolute Gasteiger partial charge is 0.0682 e. The van der Waals surface area contributed by atoms with Gasteiger partial charge in [0.15, 0.2) is 0 Å². The third-order valence-electron chi connectivity index (χ3n) is 3.31. The van der Waals surface area contributed by atoms with E-state index in [2.05, 4.69) is 42.8 Å². The molecule has 1 N–H and O–H groups in total. The standard InChI is InChI=1S/C15H21NO/c1-3-4-12(2)10-16-8-7-14-6-5-13(11-17)9-15(14)16/h5-9,12,17H,3-4,10-11H2,1-2H3. The fourth-order valence-electron chi connectivity index (χ4n) is 2.41. The number of aromatic nitrogens is 1. The number of aliphatic hydroxyl groups is 1. The Kier molecular flexibility index (Phi) is 3.85. The van der Waals surface area contributed by atoms with E-state index in [1.54, 1.807) is 0 Å². The zero-order valence-electron chi connectivity index (χ0n) is 10.7. The van der Waals surface area contributed by atoms with Crippen LogP contribution in [0.3, 0.4) is 0 Å². The molecule has 2 rings (SSSR count). The molecule has 0 aliphatic heterocycles. The van der Waals surface area contributed by atoms with Crippen LogP contribution in [0.5, 0.6) is 0 Å². The molecule has 2 aromatic rings. The second-order valence-electron chi connectivity index (χ2n) is 4.91. The second-order valence-corrected chi connectivity index (χ2v) is 4.91. The van der Waals surface area contributed by atoms with Gasteiger partial charge in [-0.15, -0.1) is 0 Å². The molecule has 1 aromatic carbocycles. The molecule has 1 unspecified atom stereocenters. The predicted molar refractivity (Wildman–Crippen MR) is 71.9 cm³/mol. The van der Waals surface area contributed by atoms with Crippen molar-refractivity contribution in [2.24, 2.45) is 5.92 Å². The number of fused-ring (bicyclic) bond motifs is 1. The van der Waals surface area contributed by atoms with E-state index >= 15 is 0 Å². The van der Waals surface area contributed by atoms with Gasteiger partial charge in [0, 0.05) is 18.3 Å². The molecule has 0 spiro atoms. The van der Waals surface area contributed by atoms with E-state index in [1.807, 2.05) is 6.07 Å². The molecule has 1 atom stereocenters. The third kappa shape index (κ3) is 2.70. The Hall–Kier alpha value is -1.28. The Morgan fingerprint density at radius 3 is 2.82 bits per heavy atom. The maximum atomic E-state index is 9.18. The largest absolute Gasteiger partial charge is 0.392 e. The Bertz CT molecular complexity index is 487. The van der Waals surface area contributed by atoms with Crippen LogP contribution in [-0.2, 0) is 13.2 Å². The Balaban J connectivity index is 2.27. The minimum Gasteiger partial charge on any atom is -0.392 e. The summed E-state index contributed by atoms with van der Waals surface area (Å²) in [4.78, 5) is 0. The SMILES string of the molecule is CCCC(C)Cn1ccc2ccc(CO)cc21. The van der Waals surface area contributed by atoms with Crippen LogP contribution in [0.15, 0.2) is 30.5 Å². The van der Waals surface area contributed by atoms with Crippen molar-refractivity contribution in [3.8, 4) is 0 Å². The molecule has 0 amide bonds. The van der Waals surface area contributed by atoms with Crippen LogP contribution in [0.4, 0.5) is 0 Å². The molecule has 0 saturated carbocycles. The molecule has 17 heavy (non-hydrogen) atoms. The van der Waals surface area contributed by atoms with Crippen molar-refractivity contribution < 1.29 is 5.11 Å². The van der Waals surface area contributed by atoms with E-state index in [0.717, 1.165) is 12.1 Å². The van der Waals surface area contributed by atoms with Crippen LogP contribution < -0.4 is 0 Å². The normalized spacial score (nSPS) is 13.1. The van der Waals surface area contributed by atoms with E-state index in [1.165, 1.54) is 23.7 Å². The molecule has 1 aromatic heterocycles. The fraction of sp³-hybridized carbons (Fsp3) is 0.467. The Labute approximate surface area is 103 Å². The summed E-state index contributed by atoms with van der Waals surface area (Å²) in [6.07, 6.45) is 4.65. The van der Waals surface area contributed by atoms with Gasteiger partial charge in [0.05, 0.1) is 6.61 Å². The highest BCUT2D eigenvalue weighted by atomic mass is 16.3. The van der Waals surface area contributed by atoms with Crippen LogP contribution in [0.25, 0.3) is 10.9 Å². The molecule has 0 fully saturated rings. The fourth-order valence-corrected chi connectivity index (χ4v) is 2.41. The highest BCUT2D eigenvalue weighted by Gasteiger charge is 2.06. The van der Waals surface area contributed by atoms with Gasteiger partial charge < -0.3 is 9.67 Å². The highest BCUT2D eigenvalue weighted by molar-refractivity contribution is 5.80. The molecule has 0 aliphatic rings. The summed E-state index contributed by atoms with van der Waals surface area (Å²) in [5.41, 5.74) is 2.22. The average molecular weight is 231 g/mol. The quantitative estimate of drug-likeness (QED) is 0.836. The van der Waals surface area contributed by atoms with Crippen LogP contribution in [0, 0.1) is 5.92 Å². The van der Waals surface area contributed by atoms with Crippen LogP contribution in [-0.4, -0.2) is 9.67 Å². The summed E-state index contributed by atoms with van der Waals surface area (Å²) in [5.74, 6) is 0.702. The first kappa shape index (κ1) is 12.2. The number of aliphatic hydroxyl groups excluding tert-OH is 1. The zero-order valence-corrected chi connectivity index (χ0v) is 10.7. The molecule has 0 aliphatic carbocycles. The lowest BCUT2D eigenvalue weighted by molar-refractivity contribution is 0.282. The summed E-state index contributed by atoms with van der Waals surface area (Å²) in [5, 5.41) is 10.4. The molecule has 92 valence electrons. The van der Waals surface area contributed by atoms with E-state index in [0.29, 0.717) is 5.92 Å². The maximum Gasteiger partial charge on any atom is 0.0682 e. The maximum absolute atomic E-state index is 9.18. The van der Waals surface area contributed by atoms with E-state index in [9.17, 15) is 5.11 Å². The minimum atomic E-state index is 0.117. The van der Waals surface area contributed by atoms with Gasteiger partial charge in [-0.1, -0.05) is 32.4 Å². The Morgan fingerprint density at radius 2 is 2.12 bits per heavy atom. The molecule has 2 heteroatoms. The topological polar surface area (TPSA) is 25.2 Å². The van der Waals surface area contributed by atoms with Crippen LogP contribution in [0.2, 0.25) is 0 Å². The lowest BCUT2D eigenvalue weighted by Gasteiger charge is -2.12. The minimum absolute atomic E-state index is 0.117. The van der Waals surface area contributed by atoms with E-state index < -0.39 is 0 Å². The highest BCUT2D eigenvalue weighted by Crippen LogP contribution is 2.20. The van der Waals surface area contributed by atoms with E-state index in [-0.39, 0.29) is 6.61 Å². The van der Waals surface area contributed by atoms with Gasteiger partial charge in [-0.3, -0.25) is 0 Å².